The minimum Gasteiger partial charge on any atom is -0.333 e. The van der Waals surface area contributed by atoms with Crippen molar-refractivity contribution in [1.82, 2.24) is 14.5 Å². The van der Waals surface area contributed by atoms with Crippen LogP contribution in [0.5, 0.6) is 0 Å². The number of carbonyl (C=O) groups excluding carboxylic acids is 1. The molecule has 2 bridgehead atoms. The van der Waals surface area contributed by atoms with Crippen molar-refractivity contribution in [1.29, 1.82) is 0 Å². The van der Waals surface area contributed by atoms with Gasteiger partial charge in [0.2, 0.25) is 0 Å². The van der Waals surface area contributed by atoms with E-state index in [0.29, 0.717) is 29.8 Å². The van der Waals surface area contributed by atoms with Crippen molar-refractivity contribution in [2.24, 2.45) is 0 Å². The number of piperidine rings is 1. The van der Waals surface area contributed by atoms with Gasteiger partial charge in [0.15, 0.2) is 9.84 Å². The van der Waals surface area contributed by atoms with E-state index in [0.717, 1.165) is 18.4 Å². The molecule has 2 saturated heterocycles. The van der Waals surface area contributed by atoms with Crippen LogP contribution in [0.1, 0.15) is 41.6 Å². The Morgan fingerprint density at radius 3 is 2.26 bits per heavy atom. The minimum atomic E-state index is -3.38. The number of imidazole rings is 1. The maximum absolute atomic E-state index is 13.3. The molecule has 0 saturated carbocycles. The van der Waals surface area contributed by atoms with Crippen molar-refractivity contribution in [3.05, 3.63) is 84.4 Å². The summed E-state index contributed by atoms with van der Waals surface area (Å²) < 4.78 is 28.2. The summed E-state index contributed by atoms with van der Waals surface area (Å²) in [4.78, 5) is 19.7. The lowest BCUT2D eigenvalue weighted by Crippen LogP contribution is -2.49. The Hall–Kier alpha value is -2.93. The predicted molar refractivity (Wildman–Crippen MR) is 117 cm³/mol. The third kappa shape index (κ3) is 3.78. The van der Waals surface area contributed by atoms with Gasteiger partial charge in [0.1, 0.15) is 0 Å². The zero-order valence-corrected chi connectivity index (χ0v) is 18.0. The van der Waals surface area contributed by atoms with Gasteiger partial charge < -0.3 is 9.47 Å². The Morgan fingerprint density at radius 2 is 1.65 bits per heavy atom. The molecule has 1 aromatic heterocycles. The quantitative estimate of drug-likeness (QED) is 0.615. The number of fused-ring (bicyclic) bond motifs is 2. The maximum Gasteiger partial charge on any atom is 0.254 e. The van der Waals surface area contributed by atoms with Crippen LogP contribution in [0.3, 0.4) is 0 Å². The van der Waals surface area contributed by atoms with Gasteiger partial charge in [0, 0.05) is 36.6 Å². The van der Waals surface area contributed by atoms with Gasteiger partial charge in [-0.1, -0.05) is 30.3 Å². The topological polar surface area (TPSA) is 72.3 Å². The first-order chi connectivity index (χ1) is 15.0. The van der Waals surface area contributed by atoms with Crippen LogP contribution in [0.15, 0.2) is 78.2 Å². The zero-order valence-electron chi connectivity index (χ0n) is 17.2. The molecule has 2 aliphatic heterocycles. The van der Waals surface area contributed by atoms with Gasteiger partial charge in [-0.15, -0.1) is 0 Å². The van der Waals surface area contributed by atoms with Crippen LogP contribution in [0.4, 0.5) is 0 Å². The summed E-state index contributed by atoms with van der Waals surface area (Å²) in [7, 11) is -3.38. The average molecular weight is 436 g/mol. The number of carbonyl (C=O) groups is 1. The minimum absolute atomic E-state index is 0.0113. The second-order valence-corrected chi connectivity index (χ2v) is 10.7. The molecule has 0 N–H and O–H groups in total. The molecule has 2 atom stereocenters. The first kappa shape index (κ1) is 20.0. The molecule has 0 radical (unpaired) electrons. The summed E-state index contributed by atoms with van der Waals surface area (Å²) in [5, 5.41) is -0.422. The molecule has 2 aliphatic rings. The molecule has 160 valence electrons. The van der Waals surface area contributed by atoms with E-state index < -0.39 is 15.1 Å². The predicted octanol–water partition coefficient (Wildman–Crippen LogP) is 3.54. The number of sulfone groups is 1. The van der Waals surface area contributed by atoms with Crippen molar-refractivity contribution < 1.29 is 13.2 Å². The highest BCUT2D eigenvalue weighted by Gasteiger charge is 2.47. The van der Waals surface area contributed by atoms with Gasteiger partial charge in [0.25, 0.3) is 5.91 Å². The molecule has 7 heteroatoms. The van der Waals surface area contributed by atoms with Gasteiger partial charge in [-0.2, -0.15) is 0 Å². The molecule has 31 heavy (non-hydrogen) atoms. The molecule has 2 fully saturated rings. The lowest BCUT2D eigenvalue weighted by Gasteiger charge is -2.38. The smallest absolute Gasteiger partial charge is 0.254 e. The summed E-state index contributed by atoms with van der Waals surface area (Å²) in [6, 6.07) is 16.4. The van der Waals surface area contributed by atoms with Crippen LogP contribution in [0.2, 0.25) is 0 Å². The van der Waals surface area contributed by atoms with E-state index in [1.807, 2.05) is 46.0 Å². The highest BCUT2D eigenvalue weighted by molar-refractivity contribution is 7.92. The number of amides is 1. The highest BCUT2D eigenvalue weighted by atomic mass is 32.2. The Kier molecular flexibility index (Phi) is 5.14. The molecule has 0 aliphatic carbocycles. The molecule has 2 unspecified atom stereocenters. The van der Waals surface area contributed by atoms with Crippen molar-refractivity contribution >= 4 is 15.7 Å². The van der Waals surface area contributed by atoms with Gasteiger partial charge in [-0.3, -0.25) is 4.79 Å². The van der Waals surface area contributed by atoms with E-state index in [4.69, 9.17) is 0 Å². The summed E-state index contributed by atoms with van der Waals surface area (Å²) in [5.74, 6) is 0.0113. The first-order valence-corrected chi connectivity index (χ1v) is 12.2. The fraction of sp³-hybridized carbons (Fsp3) is 0.333. The second-order valence-electron chi connectivity index (χ2n) is 8.48. The molecule has 1 amide bonds. The summed E-state index contributed by atoms with van der Waals surface area (Å²) in [6.07, 6.45) is 8.19. The van der Waals surface area contributed by atoms with Crippen molar-refractivity contribution in [3.63, 3.8) is 0 Å². The lowest BCUT2D eigenvalue weighted by molar-refractivity contribution is 0.0598. The zero-order chi connectivity index (χ0) is 21.4. The molecule has 3 aromatic rings. The molecule has 3 heterocycles. The summed E-state index contributed by atoms with van der Waals surface area (Å²) >= 11 is 0. The number of nitrogens with zero attached hydrogens (tertiary/aromatic N) is 3. The van der Waals surface area contributed by atoms with Crippen molar-refractivity contribution in [2.45, 2.75) is 54.5 Å². The second kappa shape index (κ2) is 7.96. The third-order valence-electron chi connectivity index (χ3n) is 6.56. The third-order valence-corrected chi connectivity index (χ3v) is 8.75. The van der Waals surface area contributed by atoms with Gasteiger partial charge in [-0.05, 0) is 55.5 Å². The lowest BCUT2D eigenvalue weighted by atomic mass is 10.0. The van der Waals surface area contributed by atoms with Crippen LogP contribution >= 0.6 is 0 Å². The SMILES string of the molecule is O=C(c1ccc(Cn2ccnc2)cc1)N1C2CCC1CC(S(=O)(=O)c1ccccc1)C2. The van der Waals surface area contributed by atoms with Crippen LogP contribution in [-0.2, 0) is 16.4 Å². The van der Waals surface area contributed by atoms with E-state index in [2.05, 4.69) is 4.98 Å². The normalized spacial score (nSPS) is 23.1. The van der Waals surface area contributed by atoms with Crippen LogP contribution < -0.4 is 0 Å². The van der Waals surface area contributed by atoms with E-state index in [-0.39, 0.29) is 18.0 Å². The van der Waals surface area contributed by atoms with Gasteiger partial charge >= 0.3 is 0 Å². The average Bonchev–Trinajstić information content (AvgIpc) is 3.39. The molecular weight excluding hydrogens is 410 g/mol. The molecule has 6 nitrogen and oxygen atoms in total. The number of benzene rings is 2. The van der Waals surface area contributed by atoms with E-state index in [1.54, 1.807) is 36.8 Å². The number of rotatable bonds is 5. The standard InChI is InChI=1S/C24H25N3O3S/c28-24(19-8-6-18(7-9-19)16-26-13-12-25-17-26)27-20-10-11-21(27)15-23(14-20)31(29,30)22-4-2-1-3-5-22/h1-9,12-13,17,20-21,23H,10-11,14-16H2. The Balaban J connectivity index is 1.31. The largest absolute Gasteiger partial charge is 0.333 e. The molecule has 5 rings (SSSR count). The first-order valence-electron chi connectivity index (χ1n) is 10.7. The van der Waals surface area contributed by atoms with Crippen molar-refractivity contribution in [2.75, 3.05) is 0 Å². The van der Waals surface area contributed by atoms with Gasteiger partial charge in [-0.25, -0.2) is 13.4 Å². The number of hydrogen-bond donors (Lipinski definition) is 0. The molecule has 2 aromatic carbocycles. The van der Waals surface area contributed by atoms with Crippen molar-refractivity contribution in [3.8, 4) is 0 Å². The van der Waals surface area contributed by atoms with Crippen LogP contribution in [0.25, 0.3) is 0 Å². The van der Waals surface area contributed by atoms with E-state index >= 15 is 0 Å². The monoisotopic (exact) mass is 435 g/mol. The maximum atomic E-state index is 13.3. The molecular formula is C24H25N3O3S. The Labute approximate surface area is 182 Å². The summed E-state index contributed by atoms with van der Waals surface area (Å²) in [6.45, 7) is 0.711. The summed E-state index contributed by atoms with van der Waals surface area (Å²) in [5.41, 5.74) is 1.76. The fourth-order valence-corrected chi connectivity index (χ4v) is 6.88. The Morgan fingerprint density at radius 1 is 0.968 bits per heavy atom. The fourth-order valence-electron chi connectivity index (χ4n) is 5.01. The van der Waals surface area contributed by atoms with E-state index in [9.17, 15) is 13.2 Å². The molecule has 0 spiro atoms. The van der Waals surface area contributed by atoms with Crippen LogP contribution in [-0.4, -0.2) is 46.1 Å². The highest BCUT2D eigenvalue weighted by Crippen LogP contribution is 2.40. The number of aromatic nitrogens is 2. The number of hydrogen-bond acceptors (Lipinski definition) is 4. The van der Waals surface area contributed by atoms with E-state index in [1.165, 1.54) is 0 Å². The van der Waals surface area contributed by atoms with Gasteiger partial charge in [0.05, 0.1) is 16.5 Å². The Bertz CT molecular complexity index is 1140. The van der Waals surface area contributed by atoms with Crippen LogP contribution in [0, 0.1) is 0 Å².